The molecule has 0 aromatic heterocycles. The molecule has 0 saturated heterocycles. The van der Waals surface area contributed by atoms with Gasteiger partial charge in [-0.05, 0) is 27.7 Å². The Morgan fingerprint density at radius 1 is 1.55 bits per heavy atom. The second-order valence-corrected chi connectivity index (χ2v) is 3.36. The molecule has 2 N–H and O–H groups in total. The van der Waals surface area contributed by atoms with Gasteiger partial charge in [0.25, 0.3) is 5.91 Å². The third kappa shape index (κ3) is 5.82. The van der Waals surface area contributed by atoms with Crippen LogP contribution < -0.4 is 5.48 Å². The topological polar surface area (TPSA) is 58.6 Å². The Morgan fingerprint density at radius 3 is 2.27 bits per heavy atom. The lowest BCUT2D eigenvalue weighted by molar-refractivity contribution is -0.153. The number of aliphatic hydroxyl groups excluding tert-OH is 1. The molecule has 11 heavy (non-hydrogen) atoms. The zero-order chi connectivity index (χ0) is 9.07. The minimum atomic E-state index is -1.03. The first kappa shape index (κ1) is 10.4. The molecule has 0 radical (unpaired) electrons. The number of hydrogen-bond donors (Lipinski definition) is 2. The fourth-order valence-electron chi connectivity index (χ4n) is 0.289. The molecule has 0 aromatic carbocycles. The number of aliphatic hydroxyl groups is 1. The predicted molar refractivity (Wildman–Crippen MR) is 40.7 cm³/mol. The van der Waals surface area contributed by atoms with Crippen LogP contribution in [0.25, 0.3) is 0 Å². The first-order chi connectivity index (χ1) is 4.83. The molecule has 66 valence electrons. The van der Waals surface area contributed by atoms with Gasteiger partial charge in [-0.15, -0.1) is 0 Å². The highest BCUT2D eigenvalue weighted by Crippen LogP contribution is 2.03. The molecule has 0 fully saturated rings. The van der Waals surface area contributed by atoms with Crippen LogP contribution in [0.4, 0.5) is 0 Å². The summed E-state index contributed by atoms with van der Waals surface area (Å²) in [5.41, 5.74) is 1.71. The molecule has 0 spiro atoms. The van der Waals surface area contributed by atoms with Crippen molar-refractivity contribution >= 4 is 5.91 Å². The Bertz CT molecular complexity index is 137. The van der Waals surface area contributed by atoms with Gasteiger partial charge in [-0.2, -0.15) is 0 Å². The highest BCUT2D eigenvalue weighted by molar-refractivity contribution is 5.78. The quantitative estimate of drug-likeness (QED) is 0.569. The molecule has 0 saturated carbocycles. The monoisotopic (exact) mass is 161 g/mol. The van der Waals surface area contributed by atoms with Crippen molar-refractivity contribution in [3.63, 3.8) is 0 Å². The van der Waals surface area contributed by atoms with E-state index >= 15 is 0 Å². The first-order valence-corrected chi connectivity index (χ1v) is 3.49. The van der Waals surface area contributed by atoms with Crippen molar-refractivity contribution in [2.24, 2.45) is 0 Å². The number of carbonyl (C=O) groups is 1. The van der Waals surface area contributed by atoms with Crippen LogP contribution in [-0.4, -0.2) is 22.7 Å². The molecule has 0 rings (SSSR count). The third-order valence-electron chi connectivity index (χ3n) is 0.837. The fourth-order valence-corrected chi connectivity index (χ4v) is 0.289. The van der Waals surface area contributed by atoms with Gasteiger partial charge >= 0.3 is 0 Å². The van der Waals surface area contributed by atoms with Gasteiger partial charge in [0, 0.05) is 0 Å². The van der Waals surface area contributed by atoms with E-state index in [0.717, 1.165) is 0 Å². The molecule has 1 unspecified atom stereocenters. The molecule has 1 atom stereocenters. The number of rotatable bonds is 2. The highest BCUT2D eigenvalue weighted by atomic mass is 16.7. The second kappa shape index (κ2) is 3.69. The Labute approximate surface area is 66.5 Å². The van der Waals surface area contributed by atoms with Crippen molar-refractivity contribution in [3.8, 4) is 0 Å². The average molecular weight is 161 g/mol. The number of carbonyl (C=O) groups excluding carboxylic acids is 1. The van der Waals surface area contributed by atoms with E-state index in [1.807, 2.05) is 0 Å². The van der Waals surface area contributed by atoms with Gasteiger partial charge in [0.1, 0.15) is 6.10 Å². The van der Waals surface area contributed by atoms with E-state index in [-0.39, 0.29) is 0 Å². The predicted octanol–water partition coefficient (Wildman–Crippen LogP) is 0.213. The highest BCUT2D eigenvalue weighted by Gasteiger charge is 2.14. The maximum absolute atomic E-state index is 10.7. The zero-order valence-corrected chi connectivity index (χ0v) is 7.34. The van der Waals surface area contributed by atoms with Gasteiger partial charge in [0.05, 0.1) is 5.60 Å². The van der Waals surface area contributed by atoms with Gasteiger partial charge in [-0.25, -0.2) is 5.48 Å². The Morgan fingerprint density at radius 2 is 2.00 bits per heavy atom. The third-order valence-corrected chi connectivity index (χ3v) is 0.837. The number of nitrogens with one attached hydrogen (secondary N) is 1. The summed E-state index contributed by atoms with van der Waals surface area (Å²) < 4.78 is 0. The zero-order valence-electron chi connectivity index (χ0n) is 7.34. The van der Waals surface area contributed by atoms with Crippen molar-refractivity contribution < 1.29 is 14.7 Å². The van der Waals surface area contributed by atoms with Crippen LogP contribution in [0.3, 0.4) is 0 Å². The summed E-state index contributed by atoms with van der Waals surface area (Å²) in [5, 5.41) is 8.73. The molecule has 1 amide bonds. The molecule has 0 aromatic rings. The number of amides is 1. The average Bonchev–Trinajstić information content (AvgIpc) is 1.80. The lowest BCUT2D eigenvalue weighted by Crippen LogP contribution is -2.38. The summed E-state index contributed by atoms with van der Waals surface area (Å²) in [6.45, 7) is 6.78. The molecular weight excluding hydrogens is 146 g/mol. The summed E-state index contributed by atoms with van der Waals surface area (Å²) >= 11 is 0. The van der Waals surface area contributed by atoms with Crippen LogP contribution in [0, 0.1) is 0 Å². The van der Waals surface area contributed by atoms with Crippen LogP contribution in [0.2, 0.25) is 0 Å². The van der Waals surface area contributed by atoms with Gasteiger partial charge < -0.3 is 5.11 Å². The largest absolute Gasteiger partial charge is 0.383 e. The van der Waals surface area contributed by atoms with Crippen LogP contribution in [0.1, 0.15) is 27.7 Å². The summed E-state index contributed by atoms with van der Waals surface area (Å²) in [6.07, 6.45) is -1.03. The van der Waals surface area contributed by atoms with Crippen molar-refractivity contribution in [3.05, 3.63) is 0 Å². The van der Waals surface area contributed by atoms with E-state index < -0.39 is 17.6 Å². The number of hydroxylamine groups is 1. The van der Waals surface area contributed by atoms with Gasteiger partial charge in [-0.3, -0.25) is 9.63 Å². The number of hydrogen-bond acceptors (Lipinski definition) is 3. The van der Waals surface area contributed by atoms with E-state index in [1.54, 1.807) is 20.8 Å². The maximum atomic E-state index is 10.7. The standard InChI is InChI=1S/C7H15NO3/c1-5(9)6(10)8-11-7(2,3)4/h5,9H,1-4H3,(H,8,10). The summed E-state index contributed by atoms with van der Waals surface area (Å²) in [7, 11) is 0. The summed E-state index contributed by atoms with van der Waals surface area (Å²) in [5.74, 6) is -0.528. The molecule has 0 aliphatic heterocycles. The summed E-state index contributed by atoms with van der Waals surface area (Å²) in [4.78, 5) is 15.6. The minimum Gasteiger partial charge on any atom is -0.383 e. The molecule has 4 nitrogen and oxygen atoms in total. The van der Waals surface area contributed by atoms with Crippen LogP contribution in [-0.2, 0) is 9.63 Å². The lowest BCUT2D eigenvalue weighted by atomic mass is 10.2. The lowest BCUT2D eigenvalue weighted by Gasteiger charge is -2.19. The Hall–Kier alpha value is -0.610. The van der Waals surface area contributed by atoms with Crippen LogP contribution in [0.5, 0.6) is 0 Å². The van der Waals surface area contributed by atoms with Crippen LogP contribution in [0.15, 0.2) is 0 Å². The fraction of sp³-hybridized carbons (Fsp3) is 0.857. The maximum Gasteiger partial charge on any atom is 0.272 e. The normalized spacial score (nSPS) is 14.3. The smallest absolute Gasteiger partial charge is 0.272 e. The van der Waals surface area contributed by atoms with Crippen molar-refractivity contribution in [2.75, 3.05) is 0 Å². The minimum absolute atomic E-state index is 0.426. The van der Waals surface area contributed by atoms with E-state index in [0.29, 0.717) is 0 Å². The van der Waals surface area contributed by atoms with E-state index in [2.05, 4.69) is 5.48 Å². The Balaban J connectivity index is 3.64. The molecule has 0 bridgehead atoms. The van der Waals surface area contributed by atoms with E-state index in [4.69, 9.17) is 9.94 Å². The molecule has 0 heterocycles. The van der Waals surface area contributed by atoms with E-state index in [9.17, 15) is 4.79 Å². The molecule has 4 heteroatoms. The molecular formula is C7H15NO3. The first-order valence-electron chi connectivity index (χ1n) is 3.49. The second-order valence-electron chi connectivity index (χ2n) is 3.36. The van der Waals surface area contributed by atoms with Crippen LogP contribution >= 0.6 is 0 Å². The SMILES string of the molecule is CC(O)C(=O)NOC(C)(C)C. The van der Waals surface area contributed by atoms with E-state index in [1.165, 1.54) is 6.92 Å². The van der Waals surface area contributed by atoms with Crippen molar-refractivity contribution in [2.45, 2.75) is 39.4 Å². The van der Waals surface area contributed by atoms with Gasteiger partial charge in [-0.1, -0.05) is 0 Å². The van der Waals surface area contributed by atoms with Gasteiger partial charge in [0.15, 0.2) is 0 Å². The summed E-state index contributed by atoms with van der Waals surface area (Å²) in [6, 6.07) is 0. The molecule has 0 aliphatic rings. The molecule has 0 aliphatic carbocycles. The van der Waals surface area contributed by atoms with Crippen molar-refractivity contribution in [1.29, 1.82) is 0 Å². The Kier molecular flexibility index (Phi) is 3.48. The van der Waals surface area contributed by atoms with Crippen molar-refractivity contribution in [1.82, 2.24) is 5.48 Å². The van der Waals surface area contributed by atoms with Gasteiger partial charge in [0.2, 0.25) is 0 Å².